The van der Waals surface area contributed by atoms with Gasteiger partial charge in [0.05, 0.1) is 11.4 Å². The van der Waals surface area contributed by atoms with Crippen molar-refractivity contribution < 1.29 is 13.9 Å². The summed E-state index contributed by atoms with van der Waals surface area (Å²) in [6.07, 6.45) is 4.65. The van der Waals surface area contributed by atoms with Crippen LogP contribution in [0.2, 0.25) is 0 Å². The highest BCUT2D eigenvalue weighted by molar-refractivity contribution is 6.03. The molecule has 0 spiro atoms. The maximum atomic E-state index is 13.5. The van der Waals surface area contributed by atoms with Gasteiger partial charge in [-0.1, -0.05) is 24.3 Å². The van der Waals surface area contributed by atoms with Crippen molar-refractivity contribution in [2.24, 2.45) is 0 Å². The molecule has 0 radical (unpaired) electrons. The number of ether oxygens (including phenoxy) is 1. The van der Waals surface area contributed by atoms with Gasteiger partial charge in [0.15, 0.2) is 11.3 Å². The highest BCUT2D eigenvalue weighted by atomic mass is 19.1. The van der Waals surface area contributed by atoms with E-state index in [0.717, 1.165) is 18.4 Å². The molecule has 1 fully saturated rings. The number of hydrogen-bond acceptors (Lipinski definition) is 8. The Balaban J connectivity index is 1.31. The van der Waals surface area contributed by atoms with E-state index in [1.807, 2.05) is 30.7 Å². The fraction of sp³-hybridized carbons (Fsp3) is 0.267. The van der Waals surface area contributed by atoms with Crippen molar-refractivity contribution in [3.63, 3.8) is 0 Å². The van der Waals surface area contributed by atoms with E-state index in [0.29, 0.717) is 47.0 Å². The molecule has 3 aromatic heterocycles. The number of halogens is 1. The second-order valence-electron chi connectivity index (χ2n) is 10.4. The van der Waals surface area contributed by atoms with Crippen molar-refractivity contribution >= 4 is 28.4 Å². The average Bonchev–Trinajstić information content (AvgIpc) is 3.39. The highest BCUT2D eigenvalue weighted by Crippen LogP contribution is 2.34. The lowest BCUT2D eigenvalue weighted by Crippen LogP contribution is -2.28. The normalized spacial score (nSPS) is 14.0. The fourth-order valence-electron chi connectivity index (χ4n) is 5.04. The zero-order chi connectivity index (χ0) is 29.4. The van der Waals surface area contributed by atoms with Gasteiger partial charge in [-0.3, -0.25) is 14.3 Å². The summed E-state index contributed by atoms with van der Waals surface area (Å²) in [6.45, 7) is 5.08. The Hall–Kier alpha value is -4.97. The monoisotopic (exact) mass is 568 g/mol. The Kier molecular flexibility index (Phi) is 7.21. The SMILES string of the molecule is CC(C)n1cc(-c2ccc(F)cc2)c(=O)c(C(=O)Nc2ccc(-c3nn(C4CCOCC4)c4ncnc(N)c34)cc2)n1. The molecule has 11 nitrogen and oxygen atoms in total. The predicted octanol–water partition coefficient (Wildman–Crippen LogP) is 4.62. The summed E-state index contributed by atoms with van der Waals surface area (Å²) in [6, 6.07) is 12.6. The minimum Gasteiger partial charge on any atom is -0.383 e. The largest absolute Gasteiger partial charge is 0.383 e. The topological polar surface area (TPSA) is 143 Å². The molecule has 2 aromatic carbocycles. The number of rotatable bonds is 6. The molecule has 4 heterocycles. The summed E-state index contributed by atoms with van der Waals surface area (Å²) >= 11 is 0. The van der Waals surface area contributed by atoms with Crippen molar-refractivity contribution in [3.05, 3.63) is 82.8 Å². The molecule has 3 N–H and O–H groups in total. The molecule has 0 aliphatic carbocycles. The van der Waals surface area contributed by atoms with Crippen molar-refractivity contribution in [3.8, 4) is 22.4 Å². The highest BCUT2D eigenvalue weighted by Gasteiger charge is 2.24. The number of amides is 1. The maximum Gasteiger partial charge on any atom is 0.280 e. The van der Waals surface area contributed by atoms with E-state index in [9.17, 15) is 14.0 Å². The number of nitrogens with two attached hydrogens (primary N) is 1. The third-order valence-corrected chi connectivity index (χ3v) is 7.31. The van der Waals surface area contributed by atoms with Gasteiger partial charge in [-0.2, -0.15) is 10.2 Å². The molecule has 12 heteroatoms. The van der Waals surface area contributed by atoms with E-state index >= 15 is 0 Å². The zero-order valence-corrected chi connectivity index (χ0v) is 23.1. The Labute approximate surface area is 240 Å². The van der Waals surface area contributed by atoms with Gasteiger partial charge in [-0.25, -0.2) is 19.0 Å². The van der Waals surface area contributed by atoms with E-state index < -0.39 is 17.2 Å². The molecule has 0 unspecified atom stereocenters. The summed E-state index contributed by atoms with van der Waals surface area (Å²) in [5, 5.41) is 12.6. The van der Waals surface area contributed by atoms with Gasteiger partial charge in [0, 0.05) is 42.3 Å². The second-order valence-corrected chi connectivity index (χ2v) is 10.4. The molecular weight excluding hydrogens is 539 g/mol. The van der Waals surface area contributed by atoms with Crippen LogP contribution >= 0.6 is 0 Å². The van der Waals surface area contributed by atoms with Gasteiger partial charge in [0.2, 0.25) is 5.43 Å². The van der Waals surface area contributed by atoms with Gasteiger partial charge in [0.1, 0.15) is 23.7 Å². The van der Waals surface area contributed by atoms with Crippen molar-refractivity contribution in [1.82, 2.24) is 29.5 Å². The molecule has 42 heavy (non-hydrogen) atoms. The summed E-state index contributed by atoms with van der Waals surface area (Å²) in [5.41, 5.74) is 8.73. The number of nitrogens with zero attached hydrogens (tertiary/aromatic N) is 6. The smallest absolute Gasteiger partial charge is 0.280 e. The molecule has 1 aliphatic rings. The van der Waals surface area contributed by atoms with Crippen LogP contribution < -0.4 is 16.5 Å². The van der Waals surface area contributed by atoms with E-state index in [1.54, 1.807) is 23.0 Å². The molecule has 1 saturated heterocycles. The van der Waals surface area contributed by atoms with Crippen molar-refractivity contribution in [2.45, 2.75) is 38.8 Å². The maximum absolute atomic E-state index is 13.5. The molecule has 214 valence electrons. The van der Waals surface area contributed by atoms with Gasteiger partial charge < -0.3 is 15.8 Å². The Morgan fingerprint density at radius 3 is 2.40 bits per heavy atom. The average molecular weight is 569 g/mol. The van der Waals surface area contributed by atoms with E-state index in [2.05, 4.69) is 20.4 Å². The molecule has 6 rings (SSSR count). The van der Waals surface area contributed by atoms with Crippen molar-refractivity contribution in [2.75, 3.05) is 24.3 Å². The molecule has 5 aromatic rings. The lowest BCUT2D eigenvalue weighted by atomic mass is 10.1. The molecule has 0 saturated carbocycles. The summed E-state index contributed by atoms with van der Waals surface area (Å²) in [7, 11) is 0. The van der Waals surface area contributed by atoms with Crippen LogP contribution in [0.4, 0.5) is 15.9 Å². The number of anilines is 2. The van der Waals surface area contributed by atoms with Crippen LogP contribution in [0, 0.1) is 5.82 Å². The van der Waals surface area contributed by atoms with E-state index in [4.69, 9.17) is 15.6 Å². The standard InChI is InChI=1S/C30H29FN8O3/c1-17(2)38-15-23(18-3-7-20(31)8-4-18)27(40)26(36-38)30(41)35-21-9-5-19(6-10-21)25-24-28(32)33-16-34-29(24)39(37-25)22-11-13-42-14-12-22/h3-10,15-17,22H,11-14H2,1-2H3,(H,35,41)(H2,32,33,34). The van der Waals surface area contributed by atoms with Crippen molar-refractivity contribution in [1.29, 1.82) is 0 Å². The predicted molar refractivity (Wildman–Crippen MR) is 156 cm³/mol. The molecule has 1 aliphatic heterocycles. The molecular formula is C30H29FN8O3. The number of nitrogen functional groups attached to an aromatic ring is 1. The molecule has 0 atom stereocenters. The van der Waals surface area contributed by atoms with Gasteiger partial charge in [-0.15, -0.1) is 0 Å². The quantitative estimate of drug-likeness (QED) is 0.302. The first-order valence-corrected chi connectivity index (χ1v) is 13.7. The van der Waals surface area contributed by atoms with Gasteiger partial charge in [-0.05, 0) is 56.5 Å². The Bertz CT molecular complexity index is 1830. The summed E-state index contributed by atoms with van der Waals surface area (Å²) in [4.78, 5) is 35.3. The van der Waals surface area contributed by atoms with Gasteiger partial charge in [0.25, 0.3) is 5.91 Å². The minimum atomic E-state index is -0.655. The lowest BCUT2D eigenvalue weighted by molar-refractivity contribution is 0.0674. The number of fused-ring (bicyclic) bond motifs is 1. The van der Waals surface area contributed by atoms with Gasteiger partial charge >= 0.3 is 0 Å². The minimum absolute atomic E-state index is 0.122. The number of carbonyl (C=O) groups is 1. The zero-order valence-electron chi connectivity index (χ0n) is 23.1. The number of benzene rings is 2. The summed E-state index contributed by atoms with van der Waals surface area (Å²) in [5.74, 6) is -0.741. The van der Waals surface area contributed by atoms with Crippen LogP contribution in [0.5, 0.6) is 0 Å². The number of nitrogens with one attached hydrogen (secondary N) is 1. The van der Waals surface area contributed by atoms with Crippen LogP contribution in [0.25, 0.3) is 33.4 Å². The number of carbonyl (C=O) groups excluding carboxylic acids is 1. The third-order valence-electron chi connectivity index (χ3n) is 7.31. The lowest BCUT2D eigenvalue weighted by Gasteiger charge is -2.22. The Morgan fingerprint density at radius 2 is 1.71 bits per heavy atom. The van der Waals surface area contributed by atoms with Crippen LogP contribution in [0.3, 0.4) is 0 Å². The van der Waals surface area contributed by atoms with Crippen LogP contribution in [-0.2, 0) is 4.74 Å². The molecule has 1 amide bonds. The number of hydrogen-bond donors (Lipinski definition) is 2. The first-order valence-electron chi connectivity index (χ1n) is 13.7. The first kappa shape index (κ1) is 27.2. The Morgan fingerprint density at radius 1 is 1.02 bits per heavy atom. The number of aromatic nitrogens is 6. The molecule has 0 bridgehead atoms. The van der Waals surface area contributed by atoms with Crippen LogP contribution in [0.15, 0.2) is 65.8 Å². The van der Waals surface area contributed by atoms with E-state index in [-0.39, 0.29) is 23.3 Å². The van der Waals surface area contributed by atoms with Crippen LogP contribution in [0.1, 0.15) is 49.3 Å². The fourth-order valence-corrected chi connectivity index (χ4v) is 5.04. The van der Waals surface area contributed by atoms with E-state index in [1.165, 1.54) is 30.6 Å². The second kappa shape index (κ2) is 11.1. The third kappa shape index (κ3) is 5.12. The summed E-state index contributed by atoms with van der Waals surface area (Å²) < 4.78 is 22.5. The first-order chi connectivity index (χ1) is 20.3. The van der Waals surface area contributed by atoms with Crippen LogP contribution in [-0.4, -0.2) is 48.6 Å².